The second-order valence-corrected chi connectivity index (χ2v) is 7.19. The predicted molar refractivity (Wildman–Crippen MR) is 92.1 cm³/mol. The van der Waals surface area contributed by atoms with Crippen LogP contribution in [-0.4, -0.2) is 10.1 Å². The Bertz CT molecular complexity index is 841. The van der Waals surface area contributed by atoms with Gasteiger partial charge in [0.05, 0.1) is 10.6 Å². The van der Waals surface area contributed by atoms with Crippen LogP contribution in [0.2, 0.25) is 10.0 Å². The van der Waals surface area contributed by atoms with Gasteiger partial charge in [0.15, 0.2) is 5.82 Å². The fraction of sp³-hybridized carbons (Fsp3) is 0.286. The molecule has 3 aromatic rings. The number of thiophene rings is 1. The number of nitrogens with two attached hydrogens (primary N) is 1. The zero-order valence-electron chi connectivity index (χ0n) is 11.3. The Kier molecular flexibility index (Phi) is 4.12. The molecule has 1 saturated carbocycles. The van der Waals surface area contributed by atoms with Crippen LogP contribution < -0.4 is 5.73 Å². The summed E-state index contributed by atoms with van der Waals surface area (Å²) in [6.07, 6.45) is 2.88. The van der Waals surface area contributed by atoms with E-state index in [9.17, 15) is 0 Å². The van der Waals surface area contributed by atoms with Crippen molar-refractivity contribution < 1.29 is 4.52 Å². The van der Waals surface area contributed by atoms with Crippen molar-refractivity contribution in [1.29, 1.82) is 0 Å². The normalized spacial score (nSPS) is 16.3. The third-order valence-corrected chi connectivity index (χ3v) is 5.78. The molecule has 0 atom stereocenters. The van der Waals surface area contributed by atoms with Crippen molar-refractivity contribution in [3.63, 3.8) is 0 Å². The van der Waals surface area contributed by atoms with Crippen LogP contribution in [0.1, 0.15) is 25.1 Å². The first-order valence-electron chi connectivity index (χ1n) is 6.58. The molecule has 0 radical (unpaired) electrons. The van der Waals surface area contributed by atoms with Gasteiger partial charge < -0.3 is 10.3 Å². The molecule has 1 aliphatic rings. The summed E-state index contributed by atoms with van der Waals surface area (Å²) in [5, 5.41) is 6.25. The molecule has 0 bridgehead atoms. The zero-order chi connectivity index (χ0) is 14.6. The highest BCUT2D eigenvalue weighted by molar-refractivity contribution is 7.23. The summed E-state index contributed by atoms with van der Waals surface area (Å²) < 4.78 is 6.36. The molecule has 8 heteroatoms. The topological polar surface area (TPSA) is 64.9 Å². The Labute approximate surface area is 147 Å². The monoisotopic (exact) mass is 375 g/mol. The molecule has 4 rings (SSSR count). The molecule has 1 aromatic carbocycles. The van der Waals surface area contributed by atoms with Gasteiger partial charge in [-0.3, -0.25) is 0 Å². The molecule has 0 amide bonds. The van der Waals surface area contributed by atoms with Crippen LogP contribution in [0, 0.1) is 0 Å². The van der Waals surface area contributed by atoms with Crippen LogP contribution in [0.15, 0.2) is 22.7 Å². The Morgan fingerprint density at radius 3 is 2.73 bits per heavy atom. The quantitative estimate of drug-likeness (QED) is 0.682. The Morgan fingerprint density at radius 1 is 1.27 bits per heavy atom. The highest BCUT2D eigenvalue weighted by Gasteiger charge is 2.39. The first-order chi connectivity index (χ1) is 10.1. The number of nitrogens with zero attached hydrogens (tertiary/aromatic N) is 2. The molecular weight excluding hydrogens is 365 g/mol. The number of rotatable bonds is 2. The molecule has 2 N–H and O–H groups in total. The van der Waals surface area contributed by atoms with Crippen LogP contribution >= 0.6 is 46.9 Å². The van der Waals surface area contributed by atoms with E-state index in [1.807, 2.05) is 18.2 Å². The van der Waals surface area contributed by atoms with E-state index in [1.54, 1.807) is 0 Å². The van der Waals surface area contributed by atoms with Gasteiger partial charge in [0, 0.05) is 15.1 Å². The molecule has 0 saturated heterocycles. The highest BCUT2D eigenvalue weighted by Crippen LogP contribution is 2.43. The van der Waals surface area contributed by atoms with Crippen molar-refractivity contribution >= 4 is 57.0 Å². The molecule has 1 fully saturated rings. The van der Waals surface area contributed by atoms with Crippen LogP contribution in [0.25, 0.3) is 20.9 Å². The second-order valence-electron chi connectivity index (χ2n) is 5.32. The number of hydrogen-bond acceptors (Lipinski definition) is 5. The summed E-state index contributed by atoms with van der Waals surface area (Å²) >= 11 is 13.9. The van der Waals surface area contributed by atoms with Crippen LogP contribution in [0.5, 0.6) is 0 Å². The van der Waals surface area contributed by atoms with E-state index in [2.05, 4.69) is 10.1 Å². The molecular formula is C14H12Cl3N3OS. The van der Waals surface area contributed by atoms with Crippen LogP contribution in [0.3, 0.4) is 0 Å². The maximum atomic E-state index is 6.42. The van der Waals surface area contributed by atoms with Crippen molar-refractivity contribution in [3.05, 3.63) is 34.1 Å². The number of benzene rings is 1. The predicted octanol–water partition coefficient (Wildman–Crippen LogP) is 5.02. The largest absolute Gasteiger partial charge is 0.333 e. The number of hydrogen-bond donors (Lipinski definition) is 1. The Morgan fingerprint density at radius 2 is 2.05 bits per heavy atom. The molecule has 2 aromatic heterocycles. The van der Waals surface area contributed by atoms with E-state index in [0.717, 1.165) is 34.2 Å². The lowest BCUT2D eigenvalue weighted by atomic mass is 9.77. The van der Waals surface area contributed by atoms with Crippen molar-refractivity contribution in [3.8, 4) is 10.8 Å². The molecule has 116 valence electrons. The summed E-state index contributed by atoms with van der Waals surface area (Å²) in [6, 6.07) is 5.59. The van der Waals surface area contributed by atoms with Crippen molar-refractivity contribution in [1.82, 2.24) is 10.1 Å². The van der Waals surface area contributed by atoms with Gasteiger partial charge in [0.25, 0.3) is 5.89 Å². The van der Waals surface area contributed by atoms with Gasteiger partial charge in [-0.15, -0.1) is 23.7 Å². The molecule has 1 aliphatic carbocycles. The first kappa shape index (κ1) is 16.0. The van der Waals surface area contributed by atoms with Gasteiger partial charge >= 0.3 is 0 Å². The highest BCUT2D eigenvalue weighted by atomic mass is 35.5. The third-order valence-electron chi connectivity index (χ3n) is 3.90. The summed E-state index contributed by atoms with van der Waals surface area (Å²) in [7, 11) is 0. The van der Waals surface area contributed by atoms with Crippen molar-refractivity contribution in [2.24, 2.45) is 5.73 Å². The minimum absolute atomic E-state index is 0. The average molecular weight is 377 g/mol. The Balaban J connectivity index is 0.00000144. The van der Waals surface area contributed by atoms with Crippen molar-refractivity contribution in [2.45, 2.75) is 24.8 Å². The fourth-order valence-electron chi connectivity index (χ4n) is 2.48. The zero-order valence-corrected chi connectivity index (χ0v) is 14.5. The maximum absolute atomic E-state index is 6.42. The molecule has 0 unspecified atom stereocenters. The molecule has 4 nitrogen and oxygen atoms in total. The lowest BCUT2D eigenvalue weighted by Crippen LogP contribution is -2.44. The minimum atomic E-state index is -0.436. The Hall–Kier alpha value is -0.850. The van der Waals surface area contributed by atoms with Gasteiger partial charge in [0.2, 0.25) is 0 Å². The maximum Gasteiger partial charge on any atom is 0.269 e. The average Bonchev–Trinajstić information content (AvgIpc) is 3.01. The summed E-state index contributed by atoms with van der Waals surface area (Å²) in [5.41, 5.74) is 5.78. The number of aromatic nitrogens is 2. The first-order valence-corrected chi connectivity index (χ1v) is 8.15. The summed E-state index contributed by atoms with van der Waals surface area (Å²) in [6.45, 7) is 0. The van der Waals surface area contributed by atoms with Crippen molar-refractivity contribution in [2.75, 3.05) is 0 Å². The van der Waals surface area contributed by atoms with Crippen LogP contribution in [-0.2, 0) is 5.54 Å². The second kappa shape index (κ2) is 5.65. The standard InChI is InChI=1S/C14H11Cl2N3OS.ClH/c15-7-2-3-8-9(6-7)21-11(10(8)16)12-18-13(19-20-12)14(17)4-1-5-14;/h2-3,6H,1,4-5,17H2;1H. The lowest BCUT2D eigenvalue weighted by Gasteiger charge is -2.34. The summed E-state index contributed by atoms with van der Waals surface area (Å²) in [5.74, 6) is 0.986. The van der Waals surface area contributed by atoms with Gasteiger partial charge in [-0.2, -0.15) is 4.98 Å². The molecule has 0 aliphatic heterocycles. The lowest BCUT2D eigenvalue weighted by molar-refractivity contribution is 0.229. The molecule has 0 spiro atoms. The fourth-order valence-corrected chi connectivity index (χ4v) is 4.19. The van der Waals surface area contributed by atoms with Gasteiger partial charge in [-0.25, -0.2) is 0 Å². The third kappa shape index (κ3) is 2.41. The van der Waals surface area contributed by atoms with E-state index in [4.69, 9.17) is 33.5 Å². The molecule has 22 heavy (non-hydrogen) atoms. The number of fused-ring (bicyclic) bond motifs is 1. The number of halogens is 3. The van der Waals surface area contributed by atoms with E-state index in [0.29, 0.717) is 21.8 Å². The minimum Gasteiger partial charge on any atom is -0.333 e. The molecule has 2 heterocycles. The summed E-state index contributed by atoms with van der Waals surface area (Å²) in [4.78, 5) is 5.20. The van der Waals surface area contributed by atoms with Crippen LogP contribution in [0.4, 0.5) is 0 Å². The van der Waals surface area contributed by atoms with E-state index < -0.39 is 5.54 Å². The smallest absolute Gasteiger partial charge is 0.269 e. The van der Waals surface area contributed by atoms with Gasteiger partial charge in [-0.05, 0) is 31.4 Å². The van der Waals surface area contributed by atoms with Gasteiger partial charge in [0.1, 0.15) is 4.88 Å². The SMILES string of the molecule is Cl.NC1(c2noc(-c3sc4cc(Cl)ccc4c3Cl)n2)CCC1. The van der Waals surface area contributed by atoms with E-state index in [-0.39, 0.29) is 12.4 Å². The van der Waals surface area contributed by atoms with Gasteiger partial charge in [-0.1, -0.05) is 34.4 Å². The van der Waals surface area contributed by atoms with E-state index >= 15 is 0 Å². The van der Waals surface area contributed by atoms with E-state index in [1.165, 1.54) is 11.3 Å².